The molecule has 1 unspecified atom stereocenters. The van der Waals surface area contributed by atoms with Gasteiger partial charge in [0.15, 0.2) is 0 Å². The minimum absolute atomic E-state index is 0.217. The molecule has 0 bridgehead atoms. The number of thiazole rings is 1. The summed E-state index contributed by atoms with van der Waals surface area (Å²) in [6.45, 7) is 14.0. The van der Waals surface area contributed by atoms with Gasteiger partial charge >= 0.3 is 0 Å². The Balaban J connectivity index is 1.41. The first-order valence-corrected chi connectivity index (χ1v) is 12.6. The van der Waals surface area contributed by atoms with E-state index in [1.165, 1.54) is 4.88 Å². The lowest BCUT2D eigenvalue weighted by Crippen LogP contribution is -2.61. The second-order valence-corrected chi connectivity index (χ2v) is 10.6. The van der Waals surface area contributed by atoms with Crippen LogP contribution in [0, 0.1) is 25.2 Å². The third-order valence-electron chi connectivity index (χ3n) is 7.72. The molecule has 30 heavy (non-hydrogen) atoms. The van der Waals surface area contributed by atoms with E-state index in [0.29, 0.717) is 18.5 Å². The number of likely N-dealkylation sites (tertiary alicyclic amines) is 1. The smallest absolute Gasteiger partial charge is 0.227 e. The zero-order valence-corrected chi connectivity index (χ0v) is 19.7. The number of hydrogen-bond acceptors (Lipinski definition) is 6. The fourth-order valence-electron chi connectivity index (χ4n) is 5.74. The molecule has 1 N–H and O–H groups in total. The highest BCUT2D eigenvalue weighted by Gasteiger charge is 2.52. The molecule has 2 saturated heterocycles. The Labute approximate surface area is 185 Å². The van der Waals surface area contributed by atoms with Gasteiger partial charge in [-0.25, -0.2) is 4.98 Å². The van der Waals surface area contributed by atoms with Crippen molar-refractivity contribution < 1.29 is 9.53 Å². The summed E-state index contributed by atoms with van der Waals surface area (Å²) in [4.78, 5) is 24.6. The van der Waals surface area contributed by atoms with Crippen molar-refractivity contribution in [3.05, 3.63) is 15.6 Å². The molecule has 4 rings (SSSR count). The van der Waals surface area contributed by atoms with E-state index in [1.54, 1.807) is 11.3 Å². The highest BCUT2D eigenvalue weighted by Crippen LogP contribution is 2.47. The zero-order chi connectivity index (χ0) is 21.1. The predicted octanol–water partition coefficient (Wildman–Crippen LogP) is 2.63. The summed E-state index contributed by atoms with van der Waals surface area (Å²) in [5.41, 5.74) is 0.901. The molecular weight excluding hydrogens is 396 g/mol. The van der Waals surface area contributed by atoms with Gasteiger partial charge in [0.25, 0.3) is 0 Å². The van der Waals surface area contributed by atoms with Gasteiger partial charge in [0.1, 0.15) is 0 Å². The highest BCUT2D eigenvalue weighted by molar-refractivity contribution is 7.11. The van der Waals surface area contributed by atoms with Crippen LogP contribution in [-0.2, 0) is 16.0 Å². The second kappa shape index (κ2) is 9.63. The average Bonchev–Trinajstić information content (AvgIpc) is 3.10. The van der Waals surface area contributed by atoms with Gasteiger partial charge < -0.3 is 15.0 Å². The zero-order valence-electron chi connectivity index (χ0n) is 18.9. The van der Waals surface area contributed by atoms with Gasteiger partial charge in [-0.2, -0.15) is 0 Å². The molecule has 1 saturated carbocycles. The van der Waals surface area contributed by atoms with Gasteiger partial charge in [0, 0.05) is 43.5 Å². The molecule has 3 atom stereocenters. The third kappa shape index (κ3) is 4.59. The SMILES string of the molecule is CCN1CC[C@@H]2CC(N3CCOCC3)CC[C@@]2(C(=O)NCCc2nc(C)c(C)s2)C1. The molecule has 1 aromatic rings. The van der Waals surface area contributed by atoms with Crippen LogP contribution >= 0.6 is 11.3 Å². The topological polar surface area (TPSA) is 57.7 Å². The first-order chi connectivity index (χ1) is 14.5. The van der Waals surface area contributed by atoms with Crippen LogP contribution < -0.4 is 5.32 Å². The number of nitrogens with zero attached hydrogens (tertiary/aromatic N) is 3. The minimum atomic E-state index is -0.217. The van der Waals surface area contributed by atoms with Crippen LogP contribution in [0.3, 0.4) is 0 Å². The number of aromatic nitrogens is 1. The van der Waals surface area contributed by atoms with E-state index in [4.69, 9.17) is 4.74 Å². The molecule has 3 fully saturated rings. The number of fused-ring (bicyclic) bond motifs is 1. The summed E-state index contributed by atoms with van der Waals surface area (Å²) >= 11 is 1.76. The van der Waals surface area contributed by atoms with Crippen molar-refractivity contribution in [3.8, 4) is 0 Å². The van der Waals surface area contributed by atoms with Crippen LogP contribution in [0.2, 0.25) is 0 Å². The van der Waals surface area contributed by atoms with Crippen molar-refractivity contribution in [1.82, 2.24) is 20.1 Å². The van der Waals surface area contributed by atoms with E-state index in [0.717, 1.165) is 88.7 Å². The van der Waals surface area contributed by atoms with E-state index >= 15 is 0 Å². The first kappa shape index (κ1) is 22.2. The van der Waals surface area contributed by atoms with Crippen molar-refractivity contribution in [2.75, 3.05) is 52.5 Å². The maximum Gasteiger partial charge on any atom is 0.227 e. The number of piperidine rings is 1. The fraction of sp³-hybridized carbons (Fsp3) is 0.826. The van der Waals surface area contributed by atoms with E-state index in [1.807, 2.05) is 0 Å². The fourth-order valence-corrected chi connectivity index (χ4v) is 6.67. The molecule has 2 aliphatic heterocycles. The lowest BCUT2D eigenvalue weighted by Gasteiger charge is -2.53. The van der Waals surface area contributed by atoms with Gasteiger partial charge in [-0.05, 0) is 58.5 Å². The number of hydrogen-bond donors (Lipinski definition) is 1. The molecule has 1 aliphatic carbocycles. The van der Waals surface area contributed by atoms with Gasteiger partial charge in [-0.15, -0.1) is 11.3 Å². The van der Waals surface area contributed by atoms with Gasteiger partial charge in [0.2, 0.25) is 5.91 Å². The maximum absolute atomic E-state index is 13.6. The number of rotatable bonds is 6. The average molecular weight is 435 g/mol. The summed E-state index contributed by atoms with van der Waals surface area (Å²) in [6.07, 6.45) is 5.28. The first-order valence-electron chi connectivity index (χ1n) is 11.8. The molecule has 6 nitrogen and oxygen atoms in total. The number of ether oxygens (including phenoxy) is 1. The van der Waals surface area contributed by atoms with Crippen molar-refractivity contribution >= 4 is 17.2 Å². The maximum atomic E-state index is 13.6. The van der Waals surface area contributed by atoms with Crippen LogP contribution in [0.25, 0.3) is 0 Å². The standard InChI is InChI=1S/C23H38N4O2S/c1-4-26-10-7-19-15-20(27-11-13-29-14-12-27)5-8-23(19,16-26)22(28)24-9-6-21-25-17(2)18(3)30-21/h19-20H,4-16H2,1-3H3,(H,24,28)/t19-,20?,23-/m1/s1. The largest absolute Gasteiger partial charge is 0.379 e. The Morgan fingerprint density at radius 1 is 1.27 bits per heavy atom. The minimum Gasteiger partial charge on any atom is -0.379 e. The molecule has 3 aliphatic rings. The monoisotopic (exact) mass is 434 g/mol. The predicted molar refractivity (Wildman–Crippen MR) is 121 cm³/mol. The number of carbonyl (C=O) groups is 1. The molecule has 168 valence electrons. The van der Waals surface area contributed by atoms with Gasteiger partial charge in [0.05, 0.1) is 29.3 Å². The summed E-state index contributed by atoms with van der Waals surface area (Å²) in [6, 6.07) is 0.620. The van der Waals surface area contributed by atoms with E-state index in [9.17, 15) is 4.79 Å². The molecule has 0 aromatic carbocycles. The Morgan fingerprint density at radius 2 is 2.07 bits per heavy atom. The van der Waals surface area contributed by atoms with Crippen molar-refractivity contribution in [2.24, 2.45) is 11.3 Å². The molecule has 1 aromatic heterocycles. The Kier molecular flexibility index (Phi) is 7.12. The molecule has 7 heteroatoms. The van der Waals surface area contributed by atoms with E-state index in [-0.39, 0.29) is 11.3 Å². The van der Waals surface area contributed by atoms with Crippen LogP contribution in [0.5, 0.6) is 0 Å². The van der Waals surface area contributed by atoms with Crippen molar-refractivity contribution in [2.45, 2.75) is 58.9 Å². The summed E-state index contributed by atoms with van der Waals surface area (Å²) in [5, 5.41) is 4.46. The van der Waals surface area contributed by atoms with Crippen LogP contribution in [0.15, 0.2) is 0 Å². The number of aryl methyl sites for hydroxylation is 2. The van der Waals surface area contributed by atoms with Gasteiger partial charge in [-0.3, -0.25) is 9.69 Å². The van der Waals surface area contributed by atoms with Crippen LogP contribution in [0.1, 0.15) is 48.2 Å². The van der Waals surface area contributed by atoms with Crippen molar-refractivity contribution in [3.63, 3.8) is 0 Å². The summed E-state index contributed by atoms with van der Waals surface area (Å²) in [7, 11) is 0. The molecule has 1 amide bonds. The van der Waals surface area contributed by atoms with Gasteiger partial charge in [-0.1, -0.05) is 6.92 Å². The molecular formula is C23H38N4O2S. The van der Waals surface area contributed by atoms with Crippen molar-refractivity contribution in [1.29, 1.82) is 0 Å². The number of carbonyl (C=O) groups excluding carboxylic acids is 1. The summed E-state index contributed by atoms with van der Waals surface area (Å²) < 4.78 is 5.56. The lowest BCUT2D eigenvalue weighted by molar-refractivity contribution is -0.144. The second-order valence-electron chi connectivity index (χ2n) is 9.34. The van der Waals surface area contributed by atoms with E-state index in [2.05, 4.69) is 40.9 Å². The summed E-state index contributed by atoms with van der Waals surface area (Å²) in [5.74, 6) is 0.780. The normalized spacial score (nSPS) is 30.8. The Bertz CT molecular complexity index is 713. The third-order valence-corrected chi connectivity index (χ3v) is 8.85. The van der Waals surface area contributed by atoms with Crippen LogP contribution in [-0.4, -0.2) is 79.2 Å². The number of nitrogens with one attached hydrogen (secondary N) is 1. The van der Waals surface area contributed by atoms with Crippen LogP contribution in [0.4, 0.5) is 0 Å². The lowest BCUT2D eigenvalue weighted by atomic mass is 9.61. The number of amides is 1. The Morgan fingerprint density at radius 3 is 2.77 bits per heavy atom. The molecule has 0 spiro atoms. The number of morpholine rings is 1. The van der Waals surface area contributed by atoms with E-state index < -0.39 is 0 Å². The molecule has 0 radical (unpaired) electrons. The molecule has 3 heterocycles. The quantitative estimate of drug-likeness (QED) is 0.746. The highest BCUT2D eigenvalue weighted by atomic mass is 32.1. The Hall–Kier alpha value is -1.02.